The summed E-state index contributed by atoms with van der Waals surface area (Å²) in [6.07, 6.45) is 3.31. The maximum Gasteiger partial charge on any atom is 0.352 e. The smallest absolute Gasteiger partial charge is 0.352 e. The van der Waals surface area contributed by atoms with Crippen LogP contribution < -0.4 is 14.8 Å². The number of aryl methyl sites for hydroxylation is 3. The summed E-state index contributed by atoms with van der Waals surface area (Å²) in [5.74, 6) is -0.185. The maximum atomic E-state index is 13.7. The first kappa shape index (κ1) is 42.6. The molecule has 3 amide bonds. The minimum Gasteiger partial charge on any atom is -0.493 e. The van der Waals surface area contributed by atoms with Crippen LogP contribution in [0.3, 0.4) is 0 Å². The molecule has 3 fully saturated rings. The lowest BCUT2D eigenvalue weighted by Gasteiger charge is -2.34. The van der Waals surface area contributed by atoms with E-state index in [4.69, 9.17) is 26.2 Å². The molecule has 4 aliphatic rings. The zero-order valence-electron chi connectivity index (χ0n) is 36.8. The number of aromatic nitrogens is 3. The van der Waals surface area contributed by atoms with Crippen LogP contribution in [0.5, 0.6) is 11.5 Å². The number of carboxylic acid groups (broad SMARTS) is 1. The molecule has 2 bridgehead atoms. The molecule has 14 nitrogen and oxygen atoms in total. The Balaban J connectivity index is 0.858. The lowest BCUT2D eigenvalue weighted by Crippen LogP contribution is -2.50. The lowest BCUT2D eigenvalue weighted by atomic mass is 9.98. The molecule has 4 aliphatic heterocycles. The third-order valence-electron chi connectivity index (χ3n) is 14.0. The van der Waals surface area contributed by atoms with Crippen LogP contribution in [0, 0.1) is 13.8 Å². The molecular formula is C50H52ClN7O7. The molecule has 2 N–H and O–H groups in total. The third kappa shape index (κ3) is 7.55. The number of hydrogen-bond donors (Lipinski definition) is 2. The molecule has 0 aliphatic carbocycles. The van der Waals surface area contributed by atoms with Crippen LogP contribution in [-0.2, 0) is 36.1 Å². The highest BCUT2D eigenvalue weighted by molar-refractivity contribution is 6.35. The number of likely N-dealkylation sites (tertiary alicyclic amines) is 2. The van der Waals surface area contributed by atoms with Crippen LogP contribution in [0.4, 0.5) is 0 Å². The number of hydrogen-bond acceptors (Lipinski definition) is 8. The summed E-state index contributed by atoms with van der Waals surface area (Å²) in [6, 6.07) is 22.8. The number of nitrogens with zero attached hydrogens (tertiary/aromatic N) is 6. The summed E-state index contributed by atoms with van der Waals surface area (Å²) in [5.41, 5.74) is 6.36. The lowest BCUT2D eigenvalue weighted by molar-refractivity contribution is -0.135. The van der Waals surface area contributed by atoms with Crippen molar-refractivity contribution in [3.05, 3.63) is 112 Å². The minimum absolute atomic E-state index is 0.0113. The number of carbonyl (C=O) groups excluding carboxylic acids is 3. The topological polar surface area (TPSA) is 151 Å². The molecule has 3 saturated heterocycles. The highest BCUT2D eigenvalue weighted by Crippen LogP contribution is 2.43. The molecule has 6 heterocycles. The first-order valence-electron chi connectivity index (χ1n) is 22.5. The highest BCUT2D eigenvalue weighted by Gasteiger charge is 2.45. The van der Waals surface area contributed by atoms with Crippen LogP contribution in [-0.4, -0.2) is 115 Å². The first-order valence-corrected chi connectivity index (χ1v) is 22.9. The summed E-state index contributed by atoms with van der Waals surface area (Å²) in [6.45, 7) is 7.23. The zero-order valence-corrected chi connectivity index (χ0v) is 37.6. The Morgan fingerprint density at radius 2 is 1.71 bits per heavy atom. The van der Waals surface area contributed by atoms with E-state index in [1.54, 1.807) is 23.1 Å². The summed E-state index contributed by atoms with van der Waals surface area (Å²) in [4.78, 5) is 59.0. The molecule has 3 atom stereocenters. The van der Waals surface area contributed by atoms with E-state index >= 15 is 0 Å². The van der Waals surface area contributed by atoms with Gasteiger partial charge in [0, 0.05) is 90.6 Å². The van der Waals surface area contributed by atoms with Crippen LogP contribution in [0.25, 0.3) is 32.8 Å². The standard InChI is InChI=1S/C50H52ClN7O7/c1-29-44(30(2)54(3)53-29)45-39(51)19-18-36-35(14-9-23-64-41-16-6-11-31-10-4-5-12-34(31)41)47(50(62)63)56(46(36)45)22-21-55-25-33-24-32(55)26-57(33)43(59)28-65-42-17-7-13-37-38(42)27-58(49(37)61)40-15-8-20-52-48(40)60/h4-7,10-13,16-19,32-33,40H,8-9,14-15,20-28H2,1-3H3,(H,52,60)(H,62,63)/t32-,33-,40?/m0/s1. The van der Waals surface area contributed by atoms with Crippen molar-refractivity contribution in [2.75, 3.05) is 39.4 Å². The van der Waals surface area contributed by atoms with Crippen molar-refractivity contribution in [3.63, 3.8) is 0 Å². The van der Waals surface area contributed by atoms with Gasteiger partial charge in [0.1, 0.15) is 23.2 Å². The Morgan fingerprint density at radius 1 is 0.908 bits per heavy atom. The third-order valence-corrected chi connectivity index (χ3v) is 14.4. The fourth-order valence-electron chi connectivity index (χ4n) is 10.9. The van der Waals surface area contributed by atoms with E-state index < -0.39 is 12.0 Å². The number of aromatic carboxylic acids is 1. The fraction of sp³-hybridized carbons (Fsp3) is 0.380. The van der Waals surface area contributed by atoms with Gasteiger partial charge in [0.05, 0.1) is 29.4 Å². The van der Waals surface area contributed by atoms with Crippen molar-refractivity contribution >= 4 is 57.0 Å². The van der Waals surface area contributed by atoms with E-state index in [0.29, 0.717) is 80.5 Å². The van der Waals surface area contributed by atoms with Gasteiger partial charge in [0.15, 0.2) is 6.61 Å². The van der Waals surface area contributed by atoms with E-state index in [1.165, 1.54) is 0 Å². The molecular weight excluding hydrogens is 846 g/mol. The second kappa shape index (κ2) is 17.2. The van der Waals surface area contributed by atoms with Crippen molar-refractivity contribution in [2.24, 2.45) is 7.05 Å². The Bertz CT molecular complexity index is 2900. The molecule has 336 valence electrons. The Kier molecular flexibility index (Phi) is 11.3. The molecule has 4 aromatic carbocycles. The van der Waals surface area contributed by atoms with E-state index in [-0.39, 0.29) is 48.7 Å². The number of fused-ring (bicyclic) bond motifs is 5. The van der Waals surface area contributed by atoms with Crippen LogP contribution in [0.2, 0.25) is 5.02 Å². The van der Waals surface area contributed by atoms with Gasteiger partial charge in [0.25, 0.3) is 11.8 Å². The average molecular weight is 898 g/mol. The quantitative estimate of drug-likeness (QED) is 0.113. The normalized spacial score (nSPS) is 19.4. The predicted octanol–water partition coefficient (Wildman–Crippen LogP) is 6.77. The molecule has 1 unspecified atom stereocenters. The fourth-order valence-corrected chi connectivity index (χ4v) is 11.1. The number of piperazine rings is 1. The van der Waals surface area contributed by atoms with Gasteiger partial charge >= 0.3 is 5.97 Å². The predicted molar refractivity (Wildman–Crippen MR) is 247 cm³/mol. The van der Waals surface area contributed by atoms with Crippen molar-refractivity contribution in [1.29, 1.82) is 0 Å². The molecule has 6 aromatic rings. The van der Waals surface area contributed by atoms with Crippen LogP contribution in [0.1, 0.15) is 69.0 Å². The molecule has 65 heavy (non-hydrogen) atoms. The van der Waals surface area contributed by atoms with Crippen LogP contribution >= 0.6 is 11.6 Å². The maximum absolute atomic E-state index is 13.7. The molecule has 0 saturated carbocycles. The van der Waals surface area contributed by atoms with Gasteiger partial charge in [0.2, 0.25) is 5.91 Å². The van der Waals surface area contributed by atoms with Gasteiger partial charge in [-0.15, -0.1) is 0 Å². The summed E-state index contributed by atoms with van der Waals surface area (Å²) in [5, 5.41) is 22.1. The number of rotatable bonds is 14. The number of carbonyl (C=O) groups is 4. The largest absolute Gasteiger partial charge is 0.493 e. The van der Waals surface area contributed by atoms with E-state index in [9.17, 15) is 24.3 Å². The van der Waals surface area contributed by atoms with Crippen molar-refractivity contribution in [2.45, 2.75) is 77.2 Å². The number of benzene rings is 4. The molecule has 0 radical (unpaired) electrons. The average Bonchev–Trinajstić information content (AvgIpc) is 4.11. The van der Waals surface area contributed by atoms with Crippen molar-refractivity contribution in [1.82, 2.24) is 34.4 Å². The van der Waals surface area contributed by atoms with Gasteiger partial charge in [-0.1, -0.05) is 60.1 Å². The first-order chi connectivity index (χ1) is 31.5. The summed E-state index contributed by atoms with van der Waals surface area (Å²) < 4.78 is 16.2. The molecule has 2 aromatic heterocycles. The monoisotopic (exact) mass is 897 g/mol. The Labute approximate surface area is 381 Å². The molecule has 10 rings (SSSR count). The number of halogens is 1. The Morgan fingerprint density at radius 3 is 2.48 bits per heavy atom. The van der Waals surface area contributed by atoms with Crippen molar-refractivity contribution < 1.29 is 33.8 Å². The van der Waals surface area contributed by atoms with Gasteiger partial charge in [-0.05, 0) is 81.2 Å². The van der Waals surface area contributed by atoms with Crippen molar-refractivity contribution in [3.8, 4) is 22.6 Å². The van der Waals surface area contributed by atoms with Crippen LogP contribution in [0.15, 0.2) is 72.8 Å². The van der Waals surface area contributed by atoms with Gasteiger partial charge < -0.3 is 34.3 Å². The van der Waals surface area contributed by atoms with E-state index in [2.05, 4.69) is 22.3 Å². The number of piperidine rings is 1. The highest BCUT2D eigenvalue weighted by atomic mass is 35.5. The SMILES string of the molecule is Cc1nn(C)c(C)c1-c1c(Cl)ccc2c(CCCOc3cccc4ccccc34)c(C(=O)O)n(CCN3C[C@@H]4C[C@H]3CN4C(=O)COc3cccc4c3CN(C3CCCNC3=O)C4=O)c12. The second-order valence-electron chi connectivity index (χ2n) is 17.7. The van der Waals surface area contributed by atoms with Gasteiger partial charge in [-0.2, -0.15) is 5.10 Å². The zero-order chi connectivity index (χ0) is 45.1. The Hall–Kier alpha value is -6.38. The van der Waals surface area contributed by atoms with E-state index in [0.717, 1.165) is 68.3 Å². The summed E-state index contributed by atoms with van der Waals surface area (Å²) >= 11 is 7.11. The van der Waals surface area contributed by atoms with Gasteiger partial charge in [-0.3, -0.25) is 24.0 Å². The number of nitrogens with one attached hydrogen (secondary N) is 1. The number of amides is 3. The van der Waals surface area contributed by atoms with Gasteiger partial charge in [-0.25, -0.2) is 4.79 Å². The van der Waals surface area contributed by atoms with E-state index in [1.807, 2.05) is 77.5 Å². The number of carboxylic acids is 1. The number of ether oxygens (including phenoxy) is 2. The summed E-state index contributed by atoms with van der Waals surface area (Å²) in [7, 11) is 1.90. The molecule has 0 spiro atoms. The second-order valence-corrected chi connectivity index (χ2v) is 18.1. The minimum atomic E-state index is -1.01. The molecule has 15 heteroatoms.